The van der Waals surface area contributed by atoms with Gasteiger partial charge in [-0.1, -0.05) is 0 Å². The topological polar surface area (TPSA) is 26.3 Å². The van der Waals surface area contributed by atoms with Gasteiger partial charge in [0.15, 0.2) is 0 Å². The van der Waals surface area contributed by atoms with Crippen molar-refractivity contribution in [1.29, 1.82) is 0 Å². The minimum Gasteiger partial charge on any atom is -0.461 e. The van der Waals surface area contributed by atoms with E-state index >= 15 is 0 Å². The molecule has 0 aliphatic heterocycles. The van der Waals surface area contributed by atoms with E-state index in [-0.39, 0.29) is 18.0 Å². The summed E-state index contributed by atoms with van der Waals surface area (Å²) in [5.41, 5.74) is 0. The maximum atomic E-state index is 10.9. The van der Waals surface area contributed by atoms with Gasteiger partial charge in [0.1, 0.15) is 12.0 Å². The van der Waals surface area contributed by atoms with Gasteiger partial charge in [-0.15, -0.1) is 11.6 Å². The number of carbonyl (C=O) groups excluding carboxylic acids is 1. The van der Waals surface area contributed by atoms with E-state index in [1.54, 1.807) is 0 Å². The molecule has 2 aliphatic rings. The number of hydrogen-bond acceptors (Lipinski definition) is 2. The fourth-order valence-electron chi connectivity index (χ4n) is 2.53. The van der Waals surface area contributed by atoms with Gasteiger partial charge in [-0.2, -0.15) is 0 Å². The van der Waals surface area contributed by atoms with Gasteiger partial charge >= 0.3 is 5.97 Å². The predicted molar refractivity (Wildman–Crippen MR) is 46.0 cm³/mol. The fraction of sp³-hybridized carbons (Fsp3) is 0.889. The highest BCUT2D eigenvalue weighted by atomic mass is 35.5. The lowest BCUT2D eigenvalue weighted by Crippen LogP contribution is -2.24. The van der Waals surface area contributed by atoms with Gasteiger partial charge in [0.25, 0.3) is 0 Å². The summed E-state index contributed by atoms with van der Waals surface area (Å²) in [6.45, 7) is 0. The van der Waals surface area contributed by atoms with E-state index < -0.39 is 0 Å². The molecule has 0 amide bonds. The molecule has 2 rings (SSSR count). The molecule has 2 bridgehead atoms. The monoisotopic (exact) mass is 188 g/mol. The Bertz CT molecular complexity index is 193. The first-order chi connectivity index (χ1) is 5.79. The number of carbonyl (C=O) groups is 1. The Morgan fingerprint density at radius 2 is 2.25 bits per heavy atom. The van der Waals surface area contributed by atoms with E-state index in [4.69, 9.17) is 16.3 Å². The number of hydrogen-bond donors (Lipinski definition) is 0. The molecule has 0 spiro atoms. The molecule has 2 nitrogen and oxygen atoms in total. The molecule has 3 atom stereocenters. The van der Waals surface area contributed by atoms with Crippen LogP contribution < -0.4 is 0 Å². The zero-order chi connectivity index (χ0) is 8.55. The van der Waals surface area contributed by atoms with Crippen LogP contribution in [0.3, 0.4) is 0 Å². The number of esters is 1. The Hall–Kier alpha value is -0.240. The van der Waals surface area contributed by atoms with E-state index in [1.165, 1.54) is 19.3 Å². The summed E-state index contributed by atoms with van der Waals surface area (Å²) >= 11 is 5.36. The van der Waals surface area contributed by atoms with Crippen molar-refractivity contribution in [2.24, 2.45) is 11.8 Å². The van der Waals surface area contributed by atoms with Crippen molar-refractivity contribution in [3.05, 3.63) is 0 Å². The first kappa shape index (κ1) is 8.36. The average molecular weight is 189 g/mol. The van der Waals surface area contributed by atoms with Crippen molar-refractivity contribution in [2.45, 2.75) is 31.8 Å². The van der Waals surface area contributed by atoms with Crippen LogP contribution in [0.15, 0.2) is 0 Å². The molecule has 12 heavy (non-hydrogen) atoms. The first-order valence-electron chi connectivity index (χ1n) is 4.55. The van der Waals surface area contributed by atoms with Crippen LogP contribution >= 0.6 is 11.6 Å². The lowest BCUT2D eigenvalue weighted by molar-refractivity contribution is -0.148. The molecule has 0 heterocycles. The summed E-state index contributed by atoms with van der Waals surface area (Å²) in [6, 6.07) is 0. The molecule has 0 saturated heterocycles. The highest BCUT2D eigenvalue weighted by Crippen LogP contribution is 2.45. The van der Waals surface area contributed by atoms with Crippen LogP contribution in [0.4, 0.5) is 0 Å². The number of rotatable bonds is 2. The largest absolute Gasteiger partial charge is 0.461 e. The molecule has 2 aliphatic carbocycles. The molecule has 3 unspecified atom stereocenters. The van der Waals surface area contributed by atoms with Crippen molar-refractivity contribution in [1.82, 2.24) is 0 Å². The van der Waals surface area contributed by atoms with Crippen LogP contribution in [-0.2, 0) is 9.53 Å². The van der Waals surface area contributed by atoms with Gasteiger partial charge in [-0.3, -0.25) is 4.79 Å². The number of halogens is 1. The van der Waals surface area contributed by atoms with E-state index in [9.17, 15) is 4.79 Å². The second-order valence-electron chi connectivity index (χ2n) is 3.84. The highest BCUT2D eigenvalue weighted by molar-refractivity contribution is 6.26. The Labute approximate surface area is 77.2 Å². The molecule has 2 saturated carbocycles. The Morgan fingerprint density at radius 3 is 2.75 bits per heavy atom. The third-order valence-electron chi connectivity index (χ3n) is 3.07. The molecule has 0 aromatic carbocycles. The SMILES string of the molecule is O=C(CCl)OC1CC2CCC1C2. The van der Waals surface area contributed by atoms with Gasteiger partial charge in [0.2, 0.25) is 0 Å². The lowest BCUT2D eigenvalue weighted by Gasteiger charge is -2.21. The quantitative estimate of drug-likeness (QED) is 0.489. The molecule has 0 N–H and O–H groups in total. The third kappa shape index (κ3) is 1.45. The summed E-state index contributed by atoms with van der Waals surface area (Å²) in [4.78, 5) is 10.9. The molecule has 68 valence electrons. The van der Waals surface area contributed by atoms with Gasteiger partial charge in [-0.05, 0) is 37.5 Å². The van der Waals surface area contributed by atoms with Crippen molar-refractivity contribution < 1.29 is 9.53 Å². The number of alkyl halides is 1. The molecule has 2 fully saturated rings. The zero-order valence-corrected chi connectivity index (χ0v) is 7.72. The zero-order valence-electron chi connectivity index (χ0n) is 6.96. The minimum absolute atomic E-state index is 0.00606. The Kier molecular flexibility index (Phi) is 2.26. The highest BCUT2D eigenvalue weighted by Gasteiger charge is 2.41. The van der Waals surface area contributed by atoms with E-state index in [0.717, 1.165) is 12.3 Å². The standard InChI is InChI=1S/C9H13ClO2/c10-5-9(11)12-8-4-6-1-2-7(8)3-6/h6-8H,1-5H2. The third-order valence-corrected chi connectivity index (χ3v) is 3.28. The fourth-order valence-corrected chi connectivity index (χ4v) is 2.59. The van der Waals surface area contributed by atoms with E-state index in [2.05, 4.69) is 0 Å². The summed E-state index contributed by atoms with van der Waals surface area (Å²) in [7, 11) is 0. The van der Waals surface area contributed by atoms with E-state index in [0.29, 0.717) is 5.92 Å². The summed E-state index contributed by atoms with van der Waals surface area (Å²) in [5, 5.41) is 0. The molecule has 0 radical (unpaired) electrons. The van der Waals surface area contributed by atoms with Crippen molar-refractivity contribution >= 4 is 17.6 Å². The second kappa shape index (κ2) is 3.25. The van der Waals surface area contributed by atoms with Crippen molar-refractivity contribution in [2.75, 3.05) is 5.88 Å². The lowest BCUT2D eigenvalue weighted by atomic mass is 9.98. The molecule has 0 aromatic rings. The van der Waals surface area contributed by atoms with Gasteiger partial charge in [0, 0.05) is 0 Å². The molecule has 0 aromatic heterocycles. The van der Waals surface area contributed by atoms with Crippen LogP contribution in [-0.4, -0.2) is 18.0 Å². The van der Waals surface area contributed by atoms with Crippen molar-refractivity contribution in [3.63, 3.8) is 0 Å². The molecular formula is C9H13ClO2. The number of ether oxygens (including phenoxy) is 1. The van der Waals surface area contributed by atoms with Gasteiger partial charge in [-0.25, -0.2) is 0 Å². The number of fused-ring (bicyclic) bond motifs is 2. The molecular weight excluding hydrogens is 176 g/mol. The average Bonchev–Trinajstić information content (AvgIpc) is 2.64. The van der Waals surface area contributed by atoms with Crippen LogP contribution in [0.1, 0.15) is 25.7 Å². The molecule has 3 heteroatoms. The van der Waals surface area contributed by atoms with Crippen LogP contribution in [0, 0.1) is 11.8 Å². The predicted octanol–water partition coefficient (Wildman–Crippen LogP) is 1.96. The van der Waals surface area contributed by atoms with Crippen LogP contribution in [0.2, 0.25) is 0 Å². The first-order valence-corrected chi connectivity index (χ1v) is 5.08. The summed E-state index contributed by atoms with van der Waals surface area (Å²) in [6.07, 6.45) is 5.10. The maximum absolute atomic E-state index is 10.9. The summed E-state index contributed by atoms with van der Waals surface area (Å²) in [5.74, 6) is 1.20. The van der Waals surface area contributed by atoms with Crippen LogP contribution in [0.5, 0.6) is 0 Å². The second-order valence-corrected chi connectivity index (χ2v) is 4.10. The smallest absolute Gasteiger partial charge is 0.321 e. The minimum atomic E-state index is -0.255. The van der Waals surface area contributed by atoms with Gasteiger partial charge < -0.3 is 4.74 Å². The normalized spacial score (nSPS) is 38.6. The summed E-state index contributed by atoms with van der Waals surface area (Å²) < 4.78 is 5.22. The van der Waals surface area contributed by atoms with E-state index in [1.807, 2.05) is 0 Å². The van der Waals surface area contributed by atoms with Gasteiger partial charge in [0.05, 0.1) is 0 Å². The van der Waals surface area contributed by atoms with Crippen LogP contribution in [0.25, 0.3) is 0 Å². The van der Waals surface area contributed by atoms with Crippen molar-refractivity contribution in [3.8, 4) is 0 Å². The Morgan fingerprint density at radius 1 is 1.42 bits per heavy atom. The Balaban J connectivity index is 1.86. The maximum Gasteiger partial charge on any atom is 0.321 e.